The molecule has 0 bridgehead atoms. The van der Waals surface area contributed by atoms with Gasteiger partial charge in [0.05, 0.1) is 25.0 Å². The van der Waals surface area contributed by atoms with Gasteiger partial charge in [0, 0.05) is 11.6 Å². The van der Waals surface area contributed by atoms with E-state index in [0.717, 1.165) is 42.9 Å². The average Bonchev–Trinajstić information content (AvgIpc) is 3.42. The van der Waals surface area contributed by atoms with Crippen LogP contribution in [0.1, 0.15) is 31.6 Å². The maximum Gasteiger partial charge on any atom is 0.250 e. The molecule has 0 atom stereocenters. The van der Waals surface area contributed by atoms with E-state index in [1.807, 2.05) is 31.2 Å². The summed E-state index contributed by atoms with van der Waals surface area (Å²) >= 11 is 0. The van der Waals surface area contributed by atoms with Crippen LogP contribution < -0.4 is 10.1 Å². The van der Waals surface area contributed by atoms with Crippen molar-refractivity contribution in [3.05, 3.63) is 48.7 Å². The van der Waals surface area contributed by atoms with Crippen LogP contribution in [0.5, 0.6) is 5.75 Å². The van der Waals surface area contributed by atoms with E-state index in [9.17, 15) is 4.79 Å². The molecule has 152 valence electrons. The third-order valence-corrected chi connectivity index (χ3v) is 4.96. The van der Waals surface area contributed by atoms with E-state index < -0.39 is 0 Å². The summed E-state index contributed by atoms with van der Waals surface area (Å²) in [7, 11) is 0. The Balaban J connectivity index is 1.25. The molecule has 1 fully saturated rings. The predicted octanol–water partition coefficient (Wildman–Crippen LogP) is 3.55. The normalized spacial score (nSPS) is 15.3. The Bertz CT molecular complexity index is 913. The quantitative estimate of drug-likeness (QED) is 0.653. The highest BCUT2D eigenvalue weighted by Gasteiger charge is 2.26. The number of anilines is 1. The molecular weight excluding hydrogens is 372 g/mol. The number of hydrogen-bond acceptors (Lipinski definition) is 7. The first-order valence-electron chi connectivity index (χ1n) is 9.82. The van der Waals surface area contributed by atoms with Crippen molar-refractivity contribution in [2.45, 2.75) is 25.7 Å². The SMILES string of the molecule is CCOc1ccc(NC(=O)CN2CCC(c3nnc(-c4ccoc4)o3)CC2)cc1. The molecule has 0 unspecified atom stereocenters. The minimum absolute atomic E-state index is 0.0207. The van der Waals surface area contributed by atoms with Crippen LogP contribution in [0, 0.1) is 0 Å². The number of nitrogens with zero attached hydrogens (tertiary/aromatic N) is 3. The van der Waals surface area contributed by atoms with Gasteiger partial charge >= 0.3 is 0 Å². The van der Waals surface area contributed by atoms with Crippen LogP contribution in [0.25, 0.3) is 11.5 Å². The van der Waals surface area contributed by atoms with Crippen LogP contribution in [0.15, 0.2) is 51.7 Å². The number of benzene rings is 1. The van der Waals surface area contributed by atoms with Gasteiger partial charge in [-0.1, -0.05) is 0 Å². The van der Waals surface area contributed by atoms with Crippen molar-refractivity contribution < 1.29 is 18.4 Å². The number of carbonyl (C=O) groups is 1. The van der Waals surface area contributed by atoms with E-state index in [2.05, 4.69) is 20.4 Å². The number of carbonyl (C=O) groups excluding carboxylic acids is 1. The molecule has 0 saturated carbocycles. The second-order valence-corrected chi connectivity index (χ2v) is 7.01. The van der Waals surface area contributed by atoms with Gasteiger partial charge in [-0.2, -0.15) is 0 Å². The third kappa shape index (κ3) is 4.83. The van der Waals surface area contributed by atoms with Gasteiger partial charge in [0.15, 0.2) is 0 Å². The lowest BCUT2D eigenvalue weighted by atomic mass is 9.97. The Hall–Kier alpha value is -3.13. The number of furan rings is 1. The van der Waals surface area contributed by atoms with Gasteiger partial charge < -0.3 is 18.9 Å². The van der Waals surface area contributed by atoms with E-state index in [-0.39, 0.29) is 11.8 Å². The third-order valence-electron chi connectivity index (χ3n) is 4.96. The molecule has 1 amide bonds. The van der Waals surface area contributed by atoms with Crippen LogP contribution >= 0.6 is 0 Å². The maximum absolute atomic E-state index is 12.3. The minimum Gasteiger partial charge on any atom is -0.494 e. The van der Waals surface area contributed by atoms with Gasteiger partial charge in [0.25, 0.3) is 5.89 Å². The van der Waals surface area contributed by atoms with Crippen LogP contribution in [0.2, 0.25) is 0 Å². The number of amides is 1. The van der Waals surface area contributed by atoms with Crippen molar-refractivity contribution in [2.24, 2.45) is 0 Å². The molecule has 0 radical (unpaired) electrons. The Morgan fingerprint density at radius 1 is 1.21 bits per heavy atom. The summed E-state index contributed by atoms with van der Waals surface area (Å²) in [5, 5.41) is 11.2. The summed E-state index contributed by atoms with van der Waals surface area (Å²) in [6, 6.07) is 9.20. The summed E-state index contributed by atoms with van der Waals surface area (Å²) < 4.78 is 16.3. The molecule has 2 aromatic heterocycles. The monoisotopic (exact) mass is 396 g/mol. The topological polar surface area (TPSA) is 93.6 Å². The fourth-order valence-electron chi connectivity index (χ4n) is 3.45. The smallest absolute Gasteiger partial charge is 0.250 e. The molecule has 4 rings (SSSR count). The molecule has 0 spiro atoms. The van der Waals surface area contributed by atoms with Crippen LogP contribution in [0.4, 0.5) is 5.69 Å². The van der Waals surface area contributed by atoms with E-state index in [4.69, 9.17) is 13.6 Å². The molecular formula is C21H24N4O4. The molecule has 3 heterocycles. The van der Waals surface area contributed by atoms with Crippen molar-refractivity contribution in [3.63, 3.8) is 0 Å². The molecule has 29 heavy (non-hydrogen) atoms. The zero-order valence-corrected chi connectivity index (χ0v) is 16.3. The average molecular weight is 396 g/mol. The Labute approximate surface area is 168 Å². The number of likely N-dealkylation sites (tertiary alicyclic amines) is 1. The summed E-state index contributed by atoms with van der Waals surface area (Å²) in [6.45, 7) is 4.55. The van der Waals surface area contributed by atoms with Gasteiger partial charge in [-0.05, 0) is 63.2 Å². The number of nitrogens with one attached hydrogen (secondary N) is 1. The highest BCUT2D eigenvalue weighted by Crippen LogP contribution is 2.29. The Kier molecular flexibility index (Phi) is 5.90. The van der Waals surface area contributed by atoms with Gasteiger partial charge in [-0.3, -0.25) is 9.69 Å². The molecule has 8 nitrogen and oxygen atoms in total. The first-order chi connectivity index (χ1) is 14.2. The van der Waals surface area contributed by atoms with Crippen molar-refractivity contribution >= 4 is 11.6 Å². The fraction of sp³-hybridized carbons (Fsp3) is 0.381. The summed E-state index contributed by atoms with van der Waals surface area (Å²) in [5.74, 6) is 2.12. The van der Waals surface area contributed by atoms with Crippen molar-refractivity contribution in [2.75, 3.05) is 31.6 Å². The largest absolute Gasteiger partial charge is 0.494 e. The second kappa shape index (κ2) is 8.91. The molecule has 1 N–H and O–H groups in total. The number of rotatable bonds is 7. The first-order valence-corrected chi connectivity index (χ1v) is 9.82. The van der Waals surface area contributed by atoms with E-state index in [1.54, 1.807) is 18.6 Å². The molecule has 0 aliphatic carbocycles. The lowest BCUT2D eigenvalue weighted by molar-refractivity contribution is -0.117. The van der Waals surface area contributed by atoms with Crippen molar-refractivity contribution in [1.82, 2.24) is 15.1 Å². The molecule has 1 saturated heterocycles. The maximum atomic E-state index is 12.3. The van der Waals surface area contributed by atoms with Crippen LogP contribution in [-0.4, -0.2) is 47.2 Å². The predicted molar refractivity (Wildman–Crippen MR) is 107 cm³/mol. The van der Waals surface area contributed by atoms with E-state index in [1.165, 1.54) is 0 Å². The second-order valence-electron chi connectivity index (χ2n) is 7.01. The number of aromatic nitrogens is 2. The lowest BCUT2D eigenvalue weighted by Gasteiger charge is -2.29. The van der Waals surface area contributed by atoms with E-state index in [0.29, 0.717) is 24.9 Å². The molecule has 1 aliphatic heterocycles. The first kappa shape index (κ1) is 19.2. The van der Waals surface area contributed by atoms with Gasteiger partial charge in [-0.15, -0.1) is 10.2 Å². The Morgan fingerprint density at radius 3 is 2.69 bits per heavy atom. The standard InChI is InChI=1S/C21H24N4O4/c1-2-28-18-5-3-17(4-6-18)22-19(26)13-25-10-7-15(8-11-25)20-23-24-21(29-20)16-9-12-27-14-16/h3-6,9,12,14-15H,2,7-8,10-11,13H2,1H3,(H,22,26). The molecule has 1 aromatic carbocycles. The molecule has 8 heteroatoms. The highest BCUT2D eigenvalue weighted by atomic mass is 16.5. The Morgan fingerprint density at radius 2 is 2.00 bits per heavy atom. The number of hydrogen-bond donors (Lipinski definition) is 1. The zero-order chi connectivity index (χ0) is 20.1. The number of ether oxygens (including phenoxy) is 1. The van der Waals surface area contributed by atoms with Gasteiger partial charge in [-0.25, -0.2) is 0 Å². The molecule has 1 aliphatic rings. The zero-order valence-electron chi connectivity index (χ0n) is 16.3. The van der Waals surface area contributed by atoms with Crippen molar-refractivity contribution in [1.29, 1.82) is 0 Å². The fourth-order valence-corrected chi connectivity index (χ4v) is 3.45. The minimum atomic E-state index is -0.0207. The van der Waals surface area contributed by atoms with E-state index >= 15 is 0 Å². The van der Waals surface area contributed by atoms with Gasteiger partial charge in [0.2, 0.25) is 11.8 Å². The summed E-state index contributed by atoms with van der Waals surface area (Å²) in [4.78, 5) is 14.5. The lowest BCUT2D eigenvalue weighted by Crippen LogP contribution is -2.38. The van der Waals surface area contributed by atoms with Crippen LogP contribution in [-0.2, 0) is 4.79 Å². The number of piperidine rings is 1. The highest BCUT2D eigenvalue weighted by molar-refractivity contribution is 5.92. The summed E-state index contributed by atoms with van der Waals surface area (Å²) in [6.07, 6.45) is 4.92. The summed E-state index contributed by atoms with van der Waals surface area (Å²) in [5.41, 5.74) is 1.55. The van der Waals surface area contributed by atoms with Crippen LogP contribution in [0.3, 0.4) is 0 Å². The molecule has 3 aromatic rings. The van der Waals surface area contributed by atoms with Crippen molar-refractivity contribution in [3.8, 4) is 17.2 Å². The van der Waals surface area contributed by atoms with Gasteiger partial charge in [0.1, 0.15) is 12.0 Å².